The van der Waals surface area contributed by atoms with Gasteiger partial charge in [-0.2, -0.15) is 4.31 Å². The van der Waals surface area contributed by atoms with Gasteiger partial charge in [0.15, 0.2) is 10.7 Å². The normalized spacial score (nSPS) is 15.4. The van der Waals surface area contributed by atoms with Crippen LogP contribution in [0.5, 0.6) is 0 Å². The summed E-state index contributed by atoms with van der Waals surface area (Å²) >= 11 is 3.19. The first kappa shape index (κ1) is 27.2. The SMILES string of the molecule is Cc1cc(C)c(C=Cc2onc(C)c2S(=O)(=O)N2CCC(C(=O)Nc3ccc(Br)cc3F)CC2)c(C)c1. The lowest BCUT2D eigenvalue weighted by Gasteiger charge is -2.30. The lowest BCUT2D eigenvalue weighted by atomic mass is 9.97. The van der Waals surface area contributed by atoms with Crippen molar-refractivity contribution in [2.75, 3.05) is 18.4 Å². The highest BCUT2D eigenvalue weighted by Crippen LogP contribution is 2.30. The third-order valence-electron chi connectivity index (χ3n) is 6.58. The molecule has 3 aromatic rings. The van der Waals surface area contributed by atoms with Gasteiger partial charge < -0.3 is 9.84 Å². The fourth-order valence-corrected chi connectivity index (χ4v) is 6.78. The summed E-state index contributed by atoms with van der Waals surface area (Å²) in [7, 11) is -3.90. The van der Waals surface area contributed by atoms with Gasteiger partial charge in [-0.1, -0.05) is 44.9 Å². The summed E-state index contributed by atoms with van der Waals surface area (Å²) in [5.41, 5.74) is 4.69. The molecule has 1 amide bonds. The van der Waals surface area contributed by atoms with E-state index in [1.165, 1.54) is 16.4 Å². The van der Waals surface area contributed by atoms with Gasteiger partial charge >= 0.3 is 0 Å². The minimum absolute atomic E-state index is 0.0333. The van der Waals surface area contributed by atoms with Gasteiger partial charge in [0.05, 0.1) is 5.69 Å². The van der Waals surface area contributed by atoms with Crippen molar-refractivity contribution < 1.29 is 22.1 Å². The first-order chi connectivity index (χ1) is 17.5. The Bertz CT molecular complexity index is 1450. The molecule has 0 atom stereocenters. The number of sulfonamides is 1. The Morgan fingerprint density at radius 1 is 1.11 bits per heavy atom. The molecule has 196 valence electrons. The predicted molar refractivity (Wildman–Crippen MR) is 145 cm³/mol. The number of piperidine rings is 1. The molecule has 2 aromatic carbocycles. The molecule has 1 aliphatic rings. The van der Waals surface area contributed by atoms with E-state index in [2.05, 4.69) is 38.5 Å². The number of aromatic nitrogens is 1. The van der Waals surface area contributed by atoms with Gasteiger partial charge in [-0.15, -0.1) is 0 Å². The summed E-state index contributed by atoms with van der Waals surface area (Å²) in [5.74, 6) is -1.12. The fourth-order valence-electron chi connectivity index (χ4n) is 4.72. The third-order valence-corrected chi connectivity index (χ3v) is 9.14. The molecule has 37 heavy (non-hydrogen) atoms. The number of amides is 1. The molecule has 4 rings (SSSR count). The molecule has 1 aromatic heterocycles. The van der Waals surface area contributed by atoms with E-state index < -0.39 is 21.8 Å². The topological polar surface area (TPSA) is 92.5 Å². The van der Waals surface area contributed by atoms with Crippen LogP contribution in [0.4, 0.5) is 10.1 Å². The van der Waals surface area contributed by atoms with Crippen molar-refractivity contribution in [2.24, 2.45) is 5.92 Å². The molecule has 0 radical (unpaired) electrons. The van der Waals surface area contributed by atoms with Gasteiger partial charge in [0.25, 0.3) is 0 Å². The summed E-state index contributed by atoms with van der Waals surface area (Å²) in [6.45, 7) is 7.97. The molecular weight excluding hydrogens is 561 g/mol. The number of carbonyl (C=O) groups is 1. The van der Waals surface area contributed by atoms with E-state index in [9.17, 15) is 17.6 Å². The maximum Gasteiger partial charge on any atom is 0.248 e. The second-order valence-corrected chi connectivity index (χ2v) is 12.2. The van der Waals surface area contributed by atoms with E-state index in [0.717, 1.165) is 22.3 Å². The molecule has 0 unspecified atom stereocenters. The van der Waals surface area contributed by atoms with Crippen LogP contribution in [0.25, 0.3) is 12.2 Å². The second kappa shape index (κ2) is 10.9. The van der Waals surface area contributed by atoms with Crippen LogP contribution >= 0.6 is 15.9 Å². The zero-order valence-corrected chi connectivity index (χ0v) is 23.5. The largest absolute Gasteiger partial charge is 0.355 e. The summed E-state index contributed by atoms with van der Waals surface area (Å²) in [6.07, 6.45) is 4.13. The van der Waals surface area contributed by atoms with Crippen molar-refractivity contribution in [3.05, 3.63) is 74.3 Å². The van der Waals surface area contributed by atoms with Crippen LogP contribution in [0.15, 0.2) is 44.2 Å². The van der Waals surface area contributed by atoms with E-state index in [-0.39, 0.29) is 41.0 Å². The number of halogens is 2. The number of rotatable bonds is 6. The van der Waals surface area contributed by atoms with Crippen LogP contribution < -0.4 is 5.32 Å². The maximum absolute atomic E-state index is 14.1. The number of benzene rings is 2. The predicted octanol–water partition coefficient (Wildman–Crippen LogP) is 6.02. The smallest absolute Gasteiger partial charge is 0.248 e. The number of nitrogens with zero attached hydrogens (tertiary/aromatic N) is 2. The van der Waals surface area contributed by atoms with E-state index in [4.69, 9.17) is 4.52 Å². The Morgan fingerprint density at radius 2 is 1.76 bits per heavy atom. The van der Waals surface area contributed by atoms with Crippen LogP contribution in [0.1, 0.15) is 46.5 Å². The zero-order valence-electron chi connectivity index (χ0n) is 21.1. The van der Waals surface area contributed by atoms with Crippen LogP contribution in [-0.4, -0.2) is 36.9 Å². The number of carbonyl (C=O) groups excluding carboxylic acids is 1. The van der Waals surface area contributed by atoms with Gasteiger partial charge in [0, 0.05) is 23.5 Å². The van der Waals surface area contributed by atoms with Crippen molar-refractivity contribution in [1.29, 1.82) is 0 Å². The van der Waals surface area contributed by atoms with Crippen LogP contribution in [0.2, 0.25) is 0 Å². The number of hydrogen-bond acceptors (Lipinski definition) is 5. The summed E-state index contributed by atoms with van der Waals surface area (Å²) in [5, 5.41) is 6.53. The monoisotopic (exact) mass is 589 g/mol. The first-order valence-corrected chi connectivity index (χ1v) is 14.2. The molecule has 10 heteroatoms. The van der Waals surface area contributed by atoms with E-state index in [0.29, 0.717) is 17.3 Å². The van der Waals surface area contributed by atoms with Crippen molar-refractivity contribution in [2.45, 2.75) is 45.4 Å². The van der Waals surface area contributed by atoms with Crippen LogP contribution in [-0.2, 0) is 14.8 Å². The Balaban J connectivity index is 1.48. The number of aryl methyl sites for hydroxylation is 4. The first-order valence-electron chi connectivity index (χ1n) is 12.0. The van der Waals surface area contributed by atoms with Gasteiger partial charge in [-0.3, -0.25) is 4.79 Å². The number of anilines is 1. The average Bonchev–Trinajstić information content (AvgIpc) is 3.21. The van der Waals surface area contributed by atoms with Crippen molar-refractivity contribution in [3.63, 3.8) is 0 Å². The molecule has 0 aliphatic carbocycles. The van der Waals surface area contributed by atoms with Crippen LogP contribution in [0, 0.1) is 39.4 Å². The van der Waals surface area contributed by atoms with E-state index in [1.54, 1.807) is 19.1 Å². The van der Waals surface area contributed by atoms with Crippen LogP contribution in [0.3, 0.4) is 0 Å². The van der Waals surface area contributed by atoms with Gasteiger partial charge in [-0.05, 0) is 81.5 Å². The highest BCUT2D eigenvalue weighted by atomic mass is 79.9. The lowest BCUT2D eigenvalue weighted by Crippen LogP contribution is -2.41. The number of nitrogens with one attached hydrogen (secondary N) is 1. The average molecular weight is 591 g/mol. The molecule has 0 bridgehead atoms. The molecular formula is C27H29BrFN3O4S. The Labute approximate surface area is 224 Å². The molecule has 2 heterocycles. The zero-order chi connectivity index (χ0) is 26.9. The summed E-state index contributed by atoms with van der Waals surface area (Å²) < 4.78 is 48.6. The van der Waals surface area contributed by atoms with Gasteiger partial charge in [-0.25, -0.2) is 12.8 Å². The van der Waals surface area contributed by atoms with Crippen molar-refractivity contribution >= 4 is 49.7 Å². The third kappa shape index (κ3) is 5.86. The second-order valence-electron chi connectivity index (χ2n) is 9.40. The Kier molecular flexibility index (Phi) is 8.01. The fraction of sp³-hybridized carbons (Fsp3) is 0.333. The minimum atomic E-state index is -3.90. The molecule has 1 N–H and O–H groups in total. The van der Waals surface area contributed by atoms with Gasteiger partial charge in [0.1, 0.15) is 11.5 Å². The van der Waals surface area contributed by atoms with E-state index in [1.807, 2.05) is 26.8 Å². The molecule has 1 saturated heterocycles. The summed E-state index contributed by atoms with van der Waals surface area (Å²) in [4.78, 5) is 12.7. The maximum atomic E-state index is 14.1. The molecule has 0 saturated carbocycles. The minimum Gasteiger partial charge on any atom is -0.355 e. The molecule has 7 nitrogen and oxygen atoms in total. The molecule has 0 spiro atoms. The van der Waals surface area contributed by atoms with Gasteiger partial charge in [0.2, 0.25) is 15.9 Å². The summed E-state index contributed by atoms with van der Waals surface area (Å²) in [6, 6.07) is 8.55. The van der Waals surface area contributed by atoms with E-state index >= 15 is 0 Å². The quantitative estimate of drug-likeness (QED) is 0.379. The van der Waals surface area contributed by atoms with Crippen molar-refractivity contribution in [1.82, 2.24) is 9.46 Å². The Hall–Kier alpha value is -2.82. The molecule has 1 fully saturated rings. The lowest BCUT2D eigenvalue weighted by molar-refractivity contribution is -0.120. The molecule has 1 aliphatic heterocycles. The number of hydrogen-bond donors (Lipinski definition) is 1. The van der Waals surface area contributed by atoms with Crippen molar-refractivity contribution in [3.8, 4) is 0 Å². The highest BCUT2D eigenvalue weighted by molar-refractivity contribution is 9.10. The Morgan fingerprint density at radius 3 is 2.38 bits per heavy atom. The standard InChI is InChI=1S/C27H29BrFN3O4S/c1-16-13-17(2)22(18(3)14-16)6-8-25-26(19(4)31-36-25)37(34,35)32-11-9-20(10-12-32)27(33)30-24-7-5-21(28)15-23(24)29/h5-8,13-15,20H,9-12H2,1-4H3,(H,30,33). The highest BCUT2D eigenvalue weighted by Gasteiger charge is 2.36.